The van der Waals surface area contributed by atoms with Crippen molar-refractivity contribution in [3.05, 3.63) is 102 Å². The van der Waals surface area contributed by atoms with E-state index in [1.165, 1.54) is 17.0 Å². The van der Waals surface area contributed by atoms with E-state index >= 15 is 0 Å². The molecule has 0 saturated carbocycles. The number of nitrogens with zero attached hydrogens (tertiary/aromatic N) is 2. The Morgan fingerprint density at radius 3 is 1.78 bits per heavy atom. The van der Waals surface area contributed by atoms with Crippen molar-refractivity contribution >= 4 is 86.6 Å². The van der Waals surface area contributed by atoms with E-state index in [1.807, 2.05) is 0 Å². The Labute approximate surface area is 446 Å². The number of carbonyl (C=O) groups is 10. The van der Waals surface area contributed by atoms with Gasteiger partial charge in [-0.15, -0.1) is 0 Å². The number of primary amides is 2. The first-order valence-corrected chi connectivity index (χ1v) is 27.0. The molecule has 3 aromatic carbocycles. The number of nitrogens with one attached hydrogen (secondary N) is 7. The smallest absolute Gasteiger partial charge is 0.246 e. The Kier molecular flexibility index (Phi) is 23.2. The van der Waals surface area contributed by atoms with Gasteiger partial charge in [-0.25, -0.2) is 0 Å². The molecular formula is C50H65N13O11S2. The predicted molar refractivity (Wildman–Crippen MR) is 284 cm³/mol. The maximum atomic E-state index is 14.7. The number of benzene rings is 3. The number of carbonyl (C=O) groups excluding carboxylic acids is 10. The zero-order valence-corrected chi connectivity index (χ0v) is 43.2. The van der Waals surface area contributed by atoms with E-state index < -0.39 is 114 Å². The van der Waals surface area contributed by atoms with Gasteiger partial charge in [0, 0.05) is 50.3 Å². The molecule has 0 aliphatic carbocycles. The summed E-state index contributed by atoms with van der Waals surface area (Å²) >= 11 is 0. The van der Waals surface area contributed by atoms with E-state index in [9.17, 15) is 53.1 Å². The van der Waals surface area contributed by atoms with Gasteiger partial charge in [-0.1, -0.05) is 94.4 Å². The Morgan fingerprint density at radius 1 is 0.684 bits per heavy atom. The number of rotatable bonds is 18. The molecule has 408 valence electrons. The molecule has 5 rings (SSSR count). The van der Waals surface area contributed by atoms with Gasteiger partial charge in [0.1, 0.15) is 48.0 Å². The van der Waals surface area contributed by atoms with Gasteiger partial charge in [0.25, 0.3) is 0 Å². The molecule has 0 unspecified atom stereocenters. The molecule has 0 aromatic heterocycles. The topological polar surface area (TPSA) is 395 Å². The van der Waals surface area contributed by atoms with Crippen molar-refractivity contribution in [1.82, 2.24) is 42.1 Å². The number of hydrogen-bond acceptors (Lipinski definition) is 14. The number of aromatic hydroxyl groups is 1. The van der Waals surface area contributed by atoms with Crippen LogP contribution in [0.4, 0.5) is 0 Å². The Morgan fingerprint density at radius 2 is 1.22 bits per heavy atom. The monoisotopic (exact) mass is 1090 g/mol. The number of likely N-dealkylation sites (tertiary alicyclic amines) is 1. The van der Waals surface area contributed by atoms with Gasteiger partial charge in [-0.2, -0.15) is 0 Å². The number of hydrogen-bond donors (Lipinski definition) is 12. The number of phenolic OH excluding ortho intramolecular Hbond substituents is 1. The van der Waals surface area contributed by atoms with E-state index in [1.54, 1.807) is 72.8 Å². The summed E-state index contributed by atoms with van der Waals surface area (Å²) in [4.78, 5) is 142. The normalized spacial score (nSPS) is 21.5. The second-order valence-corrected chi connectivity index (χ2v) is 20.7. The van der Waals surface area contributed by atoms with Crippen molar-refractivity contribution < 1.29 is 53.1 Å². The highest BCUT2D eigenvalue weighted by atomic mass is 33.1. The van der Waals surface area contributed by atoms with Gasteiger partial charge in [0.2, 0.25) is 59.1 Å². The van der Waals surface area contributed by atoms with Gasteiger partial charge >= 0.3 is 0 Å². The highest BCUT2D eigenvalue weighted by Gasteiger charge is 2.40. The SMILES string of the molecule is NC(=O)CNC(=O)[C@H](CCCN=C(N)N)NC(=O)[C@@H]1CCCN1C(=O)[C@@H]1CSSCCC(=O)N[C@@H](Cc2ccc(O)cc2)C(=O)N[C@@H](Cc2ccccc2)C(=O)N[C@@H](Cc2ccccc2)C(=O)N[C@@H](CC(N)=O)C(=O)N1. The van der Waals surface area contributed by atoms with Crippen molar-refractivity contribution in [1.29, 1.82) is 0 Å². The van der Waals surface area contributed by atoms with Crippen molar-refractivity contribution in [2.45, 2.75) is 100 Å². The van der Waals surface area contributed by atoms with Gasteiger partial charge in [0.15, 0.2) is 5.96 Å². The van der Waals surface area contributed by atoms with Crippen molar-refractivity contribution in [3.63, 3.8) is 0 Å². The van der Waals surface area contributed by atoms with E-state index in [4.69, 9.17) is 22.9 Å². The molecule has 0 spiro atoms. The van der Waals surface area contributed by atoms with Gasteiger partial charge < -0.3 is 70.2 Å². The fraction of sp³-hybridized carbons (Fsp3) is 0.420. The van der Waals surface area contributed by atoms with Gasteiger partial charge in [-0.3, -0.25) is 52.9 Å². The number of amides is 10. The van der Waals surface area contributed by atoms with Crippen LogP contribution >= 0.6 is 21.6 Å². The first kappa shape index (κ1) is 59.0. The highest BCUT2D eigenvalue weighted by molar-refractivity contribution is 8.76. The average molecular weight is 1090 g/mol. The predicted octanol–water partition coefficient (Wildman–Crippen LogP) is -2.36. The van der Waals surface area contributed by atoms with Crippen LogP contribution in [0.1, 0.15) is 55.2 Å². The largest absolute Gasteiger partial charge is 0.508 e. The van der Waals surface area contributed by atoms with Crippen LogP contribution in [0.15, 0.2) is 89.9 Å². The quantitative estimate of drug-likeness (QED) is 0.0274. The van der Waals surface area contributed by atoms with E-state index in [0.717, 1.165) is 21.6 Å². The number of aliphatic imine (C=N–C) groups is 1. The van der Waals surface area contributed by atoms with Crippen molar-refractivity contribution in [2.24, 2.45) is 27.9 Å². The molecule has 76 heavy (non-hydrogen) atoms. The van der Waals surface area contributed by atoms with E-state index in [0.29, 0.717) is 23.1 Å². The fourth-order valence-electron chi connectivity index (χ4n) is 8.29. The first-order chi connectivity index (χ1) is 36.4. The molecule has 2 aliphatic rings. The number of nitrogens with two attached hydrogens (primary N) is 4. The van der Waals surface area contributed by atoms with E-state index in [-0.39, 0.29) is 81.3 Å². The molecule has 2 heterocycles. The van der Waals surface area contributed by atoms with Crippen LogP contribution in [0, 0.1) is 0 Å². The fourth-order valence-corrected chi connectivity index (χ4v) is 10.4. The molecule has 0 radical (unpaired) electrons. The number of phenols is 1. The Balaban J connectivity index is 1.47. The van der Waals surface area contributed by atoms with Crippen LogP contribution in [0.2, 0.25) is 0 Å². The third-order valence-electron chi connectivity index (χ3n) is 12.1. The molecule has 3 aromatic rings. The lowest BCUT2D eigenvalue weighted by Gasteiger charge is -2.31. The summed E-state index contributed by atoms with van der Waals surface area (Å²) in [5.41, 5.74) is 23.5. The van der Waals surface area contributed by atoms with E-state index in [2.05, 4.69) is 42.2 Å². The summed E-state index contributed by atoms with van der Waals surface area (Å²) in [6.07, 6.45) is -0.330. The molecule has 2 saturated heterocycles. The molecule has 2 fully saturated rings. The first-order valence-electron chi connectivity index (χ1n) is 24.5. The molecule has 0 bridgehead atoms. The lowest BCUT2D eigenvalue weighted by atomic mass is 10.0. The van der Waals surface area contributed by atoms with Crippen LogP contribution in [-0.4, -0.2) is 148 Å². The molecule has 26 heteroatoms. The summed E-state index contributed by atoms with van der Waals surface area (Å²) in [5.74, 6) is -8.22. The summed E-state index contributed by atoms with van der Waals surface area (Å²) < 4.78 is 0. The van der Waals surface area contributed by atoms with Crippen LogP contribution < -0.4 is 60.2 Å². The Bertz CT molecular complexity index is 2560. The standard InChI is InChI=1S/C50H65N13O11S2/c51-40(65)26-37-47(72)62-38(49(74)63-21-8-14-39(63)48(73)58-33(13-7-20-55-50(53)54)43(68)56-27-41(52)66)28-76-75-22-19-42(67)57-34(25-31-15-17-32(64)18-16-31)44(69)59-35(23-29-9-3-1-4-10-29)45(70)60-36(46(71)61-37)24-30-11-5-2-6-12-30/h1-6,9-12,15-18,33-39,64H,7-8,13-14,19-28H2,(H2,51,65)(H2,52,66)(H,56,68)(H,57,67)(H,58,73)(H,59,69)(H,60,70)(H,61,71)(H,62,72)(H4,53,54,55)/t33-,34-,35-,36-,37-,38-,39-/m0/s1. The van der Waals surface area contributed by atoms with Crippen molar-refractivity contribution in [3.8, 4) is 5.75 Å². The molecular weight excluding hydrogens is 1020 g/mol. The van der Waals surface area contributed by atoms with Crippen molar-refractivity contribution in [2.75, 3.05) is 31.1 Å². The lowest BCUT2D eigenvalue weighted by Crippen LogP contribution is -2.61. The third-order valence-corrected chi connectivity index (χ3v) is 14.5. The highest BCUT2D eigenvalue weighted by Crippen LogP contribution is 2.26. The molecule has 7 atom stereocenters. The summed E-state index contributed by atoms with van der Waals surface area (Å²) in [6.45, 7) is -0.347. The van der Waals surface area contributed by atoms with Crippen LogP contribution in [-0.2, 0) is 67.2 Å². The second kappa shape index (κ2) is 29.9. The third kappa shape index (κ3) is 19.4. The summed E-state index contributed by atoms with van der Waals surface area (Å²) in [7, 11) is 2.25. The lowest BCUT2D eigenvalue weighted by molar-refractivity contribution is -0.142. The molecule has 16 N–H and O–H groups in total. The molecule has 24 nitrogen and oxygen atoms in total. The number of guanidine groups is 1. The van der Waals surface area contributed by atoms with Crippen LogP contribution in [0.25, 0.3) is 0 Å². The summed E-state index contributed by atoms with van der Waals surface area (Å²) in [6, 6.07) is 13.9. The van der Waals surface area contributed by atoms with Crippen LogP contribution in [0.5, 0.6) is 5.75 Å². The minimum absolute atomic E-state index is 0.0193. The zero-order chi connectivity index (χ0) is 55.1. The average Bonchev–Trinajstić information content (AvgIpc) is 3.88. The van der Waals surface area contributed by atoms with Crippen LogP contribution in [0.3, 0.4) is 0 Å². The zero-order valence-electron chi connectivity index (χ0n) is 41.6. The Hall–Kier alpha value is -7.87. The van der Waals surface area contributed by atoms with Gasteiger partial charge in [0.05, 0.1) is 13.0 Å². The summed E-state index contributed by atoms with van der Waals surface area (Å²) in [5, 5.41) is 28.4. The molecule has 10 amide bonds. The minimum atomic E-state index is -1.70. The maximum Gasteiger partial charge on any atom is 0.246 e. The minimum Gasteiger partial charge on any atom is -0.508 e. The van der Waals surface area contributed by atoms with Gasteiger partial charge in [-0.05, 0) is 54.5 Å². The maximum absolute atomic E-state index is 14.7. The molecule has 2 aliphatic heterocycles. The second-order valence-electron chi connectivity index (χ2n) is 18.0.